The summed E-state index contributed by atoms with van der Waals surface area (Å²) < 4.78 is 0. The number of hydrogen-bond acceptors (Lipinski definition) is 2. The summed E-state index contributed by atoms with van der Waals surface area (Å²) in [6.45, 7) is 3.61. The Morgan fingerprint density at radius 3 is 2.62 bits per heavy atom. The number of primary amides is 1. The average molecular weight is 243 g/mol. The van der Waals surface area contributed by atoms with Gasteiger partial charge in [0, 0.05) is 10.7 Å². The number of aliphatic hydroxyl groups excluding tert-OH is 1. The van der Waals surface area contributed by atoms with Crippen molar-refractivity contribution in [3.8, 4) is 0 Å². The van der Waals surface area contributed by atoms with Crippen molar-refractivity contribution in [3.63, 3.8) is 0 Å². The van der Waals surface area contributed by atoms with E-state index in [1.807, 2.05) is 6.92 Å². The van der Waals surface area contributed by atoms with Gasteiger partial charge in [-0.05, 0) is 37.6 Å². The molecule has 3 N–H and O–H groups in total. The lowest BCUT2D eigenvalue weighted by Crippen LogP contribution is -2.40. The highest BCUT2D eigenvalue weighted by molar-refractivity contribution is 6.31. The van der Waals surface area contributed by atoms with Crippen LogP contribution in [-0.2, 0) is 0 Å². The summed E-state index contributed by atoms with van der Waals surface area (Å²) in [4.78, 5) is 12.5. The molecule has 88 valence electrons. The molecular weight excluding hydrogens is 228 g/mol. The lowest BCUT2D eigenvalue weighted by Gasteiger charge is -2.22. The zero-order valence-electron chi connectivity index (χ0n) is 9.27. The van der Waals surface area contributed by atoms with E-state index in [9.17, 15) is 9.90 Å². The van der Waals surface area contributed by atoms with Gasteiger partial charge in [0.15, 0.2) is 0 Å². The van der Waals surface area contributed by atoms with Crippen LogP contribution in [0.1, 0.15) is 12.5 Å². The molecule has 0 heterocycles. The molecule has 0 aliphatic heterocycles. The third kappa shape index (κ3) is 3.40. The fourth-order valence-corrected chi connectivity index (χ4v) is 1.74. The number of amides is 2. The molecule has 0 saturated carbocycles. The molecule has 1 aromatic rings. The molecular formula is C11H15ClN2O2. The topological polar surface area (TPSA) is 66.6 Å². The number of rotatable bonds is 3. The molecule has 0 spiro atoms. The van der Waals surface area contributed by atoms with E-state index < -0.39 is 12.1 Å². The fraction of sp³-hybridized carbons (Fsp3) is 0.364. The van der Waals surface area contributed by atoms with Crippen LogP contribution in [0.3, 0.4) is 0 Å². The van der Waals surface area contributed by atoms with Crippen LogP contribution in [0.25, 0.3) is 0 Å². The van der Waals surface area contributed by atoms with E-state index in [0.29, 0.717) is 10.7 Å². The van der Waals surface area contributed by atoms with Crippen molar-refractivity contribution >= 4 is 23.3 Å². The molecule has 16 heavy (non-hydrogen) atoms. The number of nitrogens with two attached hydrogens (primary N) is 1. The van der Waals surface area contributed by atoms with E-state index in [-0.39, 0.29) is 6.54 Å². The molecule has 0 bridgehead atoms. The maximum Gasteiger partial charge on any atom is 0.319 e. The molecule has 1 atom stereocenters. The van der Waals surface area contributed by atoms with E-state index in [0.717, 1.165) is 5.56 Å². The Morgan fingerprint density at radius 2 is 2.19 bits per heavy atom. The number of urea groups is 1. The van der Waals surface area contributed by atoms with Crippen molar-refractivity contribution in [1.29, 1.82) is 0 Å². The molecule has 0 saturated heterocycles. The minimum absolute atomic E-state index is 0.148. The van der Waals surface area contributed by atoms with Crippen molar-refractivity contribution in [2.75, 3.05) is 11.4 Å². The molecule has 0 aliphatic carbocycles. The third-order valence-corrected chi connectivity index (χ3v) is 2.27. The van der Waals surface area contributed by atoms with Crippen molar-refractivity contribution in [3.05, 3.63) is 28.8 Å². The molecule has 1 aromatic carbocycles. The molecule has 5 heteroatoms. The minimum Gasteiger partial charge on any atom is -0.392 e. The number of anilines is 1. The highest BCUT2D eigenvalue weighted by atomic mass is 35.5. The second kappa shape index (κ2) is 5.18. The van der Waals surface area contributed by atoms with Gasteiger partial charge in [-0.15, -0.1) is 0 Å². The van der Waals surface area contributed by atoms with Crippen LogP contribution in [0.5, 0.6) is 0 Å². The van der Waals surface area contributed by atoms with Gasteiger partial charge in [0.05, 0.1) is 12.6 Å². The molecule has 2 amide bonds. The molecule has 0 fully saturated rings. The predicted octanol–water partition coefficient (Wildman–Crippen LogP) is 1.91. The Hall–Kier alpha value is -1.26. The van der Waals surface area contributed by atoms with E-state index in [2.05, 4.69) is 0 Å². The van der Waals surface area contributed by atoms with Crippen LogP contribution in [0.2, 0.25) is 5.02 Å². The smallest absolute Gasteiger partial charge is 0.319 e. The summed E-state index contributed by atoms with van der Waals surface area (Å²) in [5.41, 5.74) is 6.78. The number of carbonyl (C=O) groups excluding carboxylic acids is 1. The largest absolute Gasteiger partial charge is 0.392 e. The maximum absolute atomic E-state index is 11.3. The second-order valence-corrected chi connectivity index (χ2v) is 4.22. The fourth-order valence-electron chi connectivity index (χ4n) is 1.46. The molecule has 1 unspecified atom stereocenters. The van der Waals surface area contributed by atoms with Crippen LogP contribution in [0.4, 0.5) is 10.5 Å². The Balaban J connectivity index is 3.05. The maximum atomic E-state index is 11.3. The third-order valence-electron chi connectivity index (χ3n) is 2.05. The first-order valence-corrected chi connectivity index (χ1v) is 5.30. The van der Waals surface area contributed by atoms with Gasteiger partial charge in [-0.2, -0.15) is 0 Å². The Labute approximate surface area is 99.6 Å². The Morgan fingerprint density at radius 1 is 1.56 bits per heavy atom. The van der Waals surface area contributed by atoms with Crippen molar-refractivity contribution in [2.24, 2.45) is 5.73 Å². The first-order valence-electron chi connectivity index (χ1n) is 4.92. The van der Waals surface area contributed by atoms with Crippen LogP contribution >= 0.6 is 11.6 Å². The Bertz CT molecular complexity index is 373. The van der Waals surface area contributed by atoms with Crippen molar-refractivity contribution in [1.82, 2.24) is 0 Å². The molecule has 0 radical (unpaired) electrons. The highest BCUT2D eigenvalue weighted by Crippen LogP contribution is 2.22. The predicted molar refractivity (Wildman–Crippen MR) is 64.8 cm³/mol. The van der Waals surface area contributed by atoms with E-state index in [1.54, 1.807) is 25.1 Å². The SMILES string of the molecule is Cc1cc(Cl)cc(N(CC(C)O)C(N)=O)c1. The Kier molecular flexibility index (Phi) is 4.15. The number of benzene rings is 1. The highest BCUT2D eigenvalue weighted by Gasteiger charge is 2.15. The summed E-state index contributed by atoms with van der Waals surface area (Å²) in [5.74, 6) is 0. The number of aliphatic hydroxyl groups is 1. The molecule has 4 nitrogen and oxygen atoms in total. The monoisotopic (exact) mass is 242 g/mol. The van der Waals surface area contributed by atoms with Gasteiger partial charge in [0.1, 0.15) is 0 Å². The molecule has 1 rings (SSSR count). The standard InChI is InChI=1S/C11H15ClN2O2/c1-7-3-9(12)5-10(4-7)14(11(13)16)6-8(2)15/h3-5,8,15H,6H2,1-2H3,(H2,13,16). The quantitative estimate of drug-likeness (QED) is 0.850. The van der Waals surface area contributed by atoms with E-state index in [4.69, 9.17) is 17.3 Å². The summed E-state index contributed by atoms with van der Waals surface area (Å²) in [6, 6.07) is 4.61. The van der Waals surface area contributed by atoms with Crippen molar-refractivity contribution in [2.45, 2.75) is 20.0 Å². The second-order valence-electron chi connectivity index (χ2n) is 3.78. The number of hydrogen-bond donors (Lipinski definition) is 2. The van der Waals surface area contributed by atoms with Gasteiger partial charge in [-0.25, -0.2) is 4.79 Å². The van der Waals surface area contributed by atoms with Gasteiger partial charge >= 0.3 is 6.03 Å². The number of nitrogens with zero attached hydrogens (tertiary/aromatic N) is 1. The first kappa shape index (κ1) is 12.8. The number of carbonyl (C=O) groups is 1. The lowest BCUT2D eigenvalue weighted by atomic mass is 10.2. The summed E-state index contributed by atoms with van der Waals surface area (Å²) >= 11 is 5.89. The zero-order valence-corrected chi connectivity index (χ0v) is 10.0. The zero-order chi connectivity index (χ0) is 12.3. The van der Waals surface area contributed by atoms with Gasteiger partial charge in [-0.1, -0.05) is 11.6 Å². The average Bonchev–Trinajstić information content (AvgIpc) is 2.11. The van der Waals surface area contributed by atoms with Crippen LogP contribution in [0, 0.1) is 6.92 Å². The van der Waals surface area contributed by atoms with Crippen molar-refractivity contribution < 1.29 is 9.90 Å². The normalized spacial score (nSPS) is 12.2. The summed E-state index contributed by atoms with van der Waals surface area (Å²) in [6.07, 6.45) is -0.646. The van der Waals surface area contributed by atoms with Gasteiger partial charge in [-0.3, -0.25) is 4.90 Å². The van der Waals surface area contributed by atoms with Gasteiger partial charge in [0.25, 0.3) is 0 Å². The van der Waals surface area contributed by atoms with Crippen LogP contribution < -0.4 is 10.6 Å². The molecule has 0 aromatic heterocycles. The minimum atomic E-state index is -0.646. The lowest BCUT2D eigenvalue weighted by molar-refractivity contribution is 0.198. The van der Waals surface area contributed by atoms with Crippen LogP contribution in [-0.4, -0.2) is 23.8 Å². The summed E-state index contributed by atoms with van der Waals surface area (Å²) in [7, 11) is 0. The van der Waals surface area contributed by atoms with Gasteiger partial charge < -0.3 is 10.8 Å². The van der Waals surface area contributed by atoms with Crippen LogP contribution in [0.15, 0.2) is 18.2 Å². The number of halogens is 1. The number of aryl methyl sites for hydroxylation is 1. The van der Waals surface area contributed by atoms with Gasteiger partial charge in [0.2, 0.25) is 0 Å². The first-order chi connectivity index (χ1) is 7.40. The molecule has 0 aliphatic rings. The van der Waals surface area contributed by atoms with E-state index in [1.165, 1.54) is 4.90 Å². The van der Waals surface area contributed by atoms with E-state index >= 15 is 0 Å². The summed E-state index contributed by atoms with van der Waals surface area (Å²) in [5, 5.41) is 9.82.